The lowest BCUT2D eigenvalue weighted by atomic mass is 9.90. The maximum atomic E-state index is 13.6. The number of methoxy groups -OCH3 is 2. The Bertz CT molecular complexity index is 987. The first-order chi connectivity index (χ1) is 15.3. The standard InChI is InChI=1S/C25H32N2O5/c1-15-21(16(2)26-22(15)25(30)32-5)23(28)17(3)27(19-9-7-6-8-10-19)24(29)18-11-13-20(31-4)14-12-18/h11-14,17,19,26H,6-10H2,1-5H3/t17-/m0/s1. The fourth-order valence-electron chi connectivity index (χ4n) is 4.66. The largest absolute Gasteiger partial charge is 0.497 e. The zero-order valence-electron chi connectivity index (χ0n) is 19.5. The molecular weight excluding hydrogens is 408 g/mol. The maximum absolute atomic E-state index is 13.6. The molecule has 7 heteroatoms. The zero-order chi connectivity index (χ0) is 23.4. The number of nitrogens with one attached hydrogen (secondary N) is 1. The van der Waals surface area contributed by atoms with Crippen LogP contribution < -0.4 is 4.74 Å². The number of benzene rings is 1. The van der Waals surface area contributed by atoms with Crippen molar-refractivity contribution in [1.82, 2.24) is 9.88 Å². The van der Waals surface area contributed by atoms with Crippen LogP contribution in [0, 0.1) is 13.8 Å². The van der Waals surface area contributed by atoms with Crippen LogP contribution in [-0.2, 0) is 4.74 Å². The van der Waals surface area contributed by atoms with Crippen LogP contribution in [0.3, 0.4) is 0 Å². The van der Waals surface area contributed by atoms with Crippen LogP contribution in [-0.4, -0.2) is 53.8 Å². The van der Waals surface area contributed by atoms with Crippen LogP contribution in [0.5, 0.6) is 5.75 Å². The van der Waals surface area contributed by atoms with E-state index in [-0.39, 0.29) is 23.4 Å². The number of carbonyl (C=O) groups is 3. The third-order valence-electron chi connectivity index (χ3n) is 6.41. The highest BCUT2D eigenvalue weighted by molar-refractivity contribution is 6.07. The molecule has 1 aliphatic carbocycles. The van der Waals surface area contributed by atoms with Gasteiger partial charge in [-0.25, -0.2) is 4.79 Å². The van der Waals surface area contributed by atoms with Crippen LogP contribution in [0.25, 0.3) is 0 Å². The van der Waals surface area contributed by atoms with Gasteiger partial charge >= 0.3 is 5.97 Å². The predicted octanol–water partition coefficient (Wildman–Crippen LogP) is 4.47. The number of ketones is 1. The van der Waals surface area contributed by atoms with Crippen molar-refractivity contribution in [3.8, 4) is 5.75 Å². The Kier molecular flexibility index (Phi) is 7.38. The van der Waals surface area contributed by atoms with Gasteiger partial charge in [-0.3, -0.25) is 9.59 Å². The second-order valence-electron chi connectivity index (χ2n) is 8.39. The Morgan fingerprint density at radius 1 is 1.03 bits per heavy atom. The number of aromatic amines is 1. The molecule has 1 aromatic carbocycles. The number of hydrogen-bond donors (Lipinski definition) is 1. The zero-order valence-corrected chi connectivity index (χ0v) is 19.5. The molecule has 0 aliphatic heterocycles. The van der Waals surface area contributed by atoms with Gasteiger partial charge in [0.25, 0.3) is 5.91 Å². The average molecular weight is 441 g/mol. The van der Waals surface area contributed by atoms with Gasteiger partial charge in [-0.15, -0.1) is 0 Å². The Morgan fingerprint density at radius 2 is 1.66 bits per heavy atom. The Labute approximate surface area is 189 Å². The maximum Gasteiger partial charge on any atom is 0.354 e. The minimum atomic E-state index is -0.675. The van der Waals surface area contributed by atoms with E-state index in [0.717, 1.165) is 32.1 Å². The minimum Gasteiger partial charge on any atom is -0.497 e. The summed E-state index contributed by atoms with van der Waals surface area (Å²) >= 11 is 0. The van der Waals surface area contributed by atoms with Crippen molar-refractivity contribution >= 4 is 17.7 Å². The number of aromatic nitrogens is 1. The Morgan fingerprint density at radius 3 is 2.22 bits per heavy atom. The molecule has 7 nitrogen and oxygen atoms in total. The van der Waals surface area contributed by atoms with Gasteiger partial charge in [-0.05, 0) is 63.4 Å². The molecule has 32 heavy (non-hydrogen) atoms. The lowest BCUT2D eigenvalue weighted by Crippen LogP contribution is -2.50. The fourth-order valence-corrected chi connectivity index (χ4v) is 4.66. The number of ether oxygens (including phenoxy) is 2. The molecule has 0 radical (unpaired) electrons. The van der Waals surface area contributed by atoms with Crippen LogP contribution in [0.15, 0.2) is 24.3 Å². The van der Waals surface area contributed by atoms with E-state index in [2.05, 4.69) is 4.98 Å². The lowest BCUT2D eigenvalue weighted by molar-refractivity contribution is 0.0486. The first kappa shape index (κ1) is 23.6. The van der Waals surface area contributed by atoms with Gasteiger partial charge < -0.3 is 19.4 Å². The molecule has 3 rings (SSSR count). The summed E-state index contributed by atoms with van der Waals surface area (Å²) in [6.45, 7) is 5.27. The van der Waals surface area contributed by atoms with Crippen molar-refractivity contribution in [3.05, 3.63) is 52.3 Å². The minimum absolute atomic E-state index is 0.00284. The summed E-state index contributed by atoms with van der Waals surface area (Å²) in [7, 11) is 2.89. The summed E-state index contributed by atoms with van der Waals surface area (Å²) in [6, 6.07) is 6.29. The number of aryl methyl sites for hydroxylation is 1. The molecule has 0 unspecified atom stereocenters. The highest BCUT2D eigenvalue weighted by Gasteiger charge is 2.36. The highest BCUT2D eigenvalue weighted by atomic mass is 16.5. The monoisotopic (exact) mass is 440 g/mol. The van der Waals surface area contributed by atoms with Crippen LogP contribution in [0.4, 0.5) is 0 Å². The van der Waals surface area contributed by atoms with E-state index in [9.17, 15) is 14.4 Å². The van der Waals surface area contributed by atoms with Crippen molar-refractivity contribution in [2.75, 3.05) is 14.2 Å². The van der Waals surface area contributed by atoms with Gasteiger partial charge in [-0.1, -0.05) is 19.3 Å². The van der Waals surface area contributed by atoms with E-state index in [1.54, 1.807) is 57.0 Å². The van der Waals surface area contributed by atoms with Gasteiger partial charge in [-0.2, -0.15) is 0 Å². The van der Waals surface area contributed by atoms with Crippen molar-refractivity contribution in [1.29, 1.82) is 0 Å². The second kappa shape index (κ2) is 10.0. The predicted molar refractivity (Wildman–Crippen MR) is 121 cm³/mol. The van der Waals surface area contributed by atoms with E-state index >= 15 is 0 Å². The molecule has 1 N–H and O–H groups in total. The van der Waals surface area contributed by atoms with E-state index in [1.807, 2.05) is 0 Å². The van der Waals surface area contributed by atoms with Crippen LogP contribution >= 0.6 is 0 Å². The molecule has 0 bridgehead atoms. The third-order valence-corrected chi connectivity index (χ3v) is 6.41. The summed E-state index contributed by atoms with van der Waals surface area (Å²) < 4.78 is 10.0. The second-order valence-corrected chi connectivity index (χ2v) is 8.39. The van der Waals surface area contributed by atoms with Crippen molar-refractivity contribution in [3.63, 3.8) is 0 Å². The number of rotatable bonds is 7. The molecule has 1 amide bonds. The molecular formula is C25H32N2O5. The van der Waals surface area contributed by atoms with E-state index < -0.39 is 12.0 Å². The van der Waals surface area contributed by atoms with Gasteiger partial charge in [0.1, 0.15) is 11.4 Å². The van der Waals surface area contributed by atoms with E-state index in [0.29, 0.717) is 28.1 Å². The molecule has 2 aromatic rings. The highest BCUT2D eigenvalue weighted by Crippen LogP contribution is 2.29. The number of esters is 1. The molecule has 1 aromatic heterocycles. The topological polar surface area (TPSA) is 88.7 Å². The van der Waals surface area contributed by atoms with Crippen LogP contribution in [0.1, 0.15) is 81.5 Å². The lowest BCUT2D eigenvalue weighted by Gasteiger charge is -2.38. The van der Waals surface area contributed by atoms with Crippen molar-refractivity contribution in [2.45, 2.75) is 65.0 Å². The molecule has 1 heterocycles. The van der Waals surface area contributed by atoms with Gasteiger partial charge in [0.15, 0.2) is 5.78 Å². The van der Waals surface area contributed by atoms with E-state index in [1.165, 1.54) is 7.11 Å². The summed E-state index contributed by atoms with van der Waals surface area (Å²) in [4.78, 5) is 44.0. The smallest absolute Gasteiger partial charge is 0.354 e. The third kappa shape index (κ3) is 4.56. The molecule has 1 fully saturated rings. The molecule has 0 saturated heterocycles. The SMILES string of the molecule is COC(=O)c1[nH]c(C)c(C(=O)[C@H](C)N(C(=O)c2ccc(OC)cc2)C2CCCCC2)c1C. The molecule has 0 spiro atoms. The van der Waals surface area contributed by atoms with Gasteiger partial charge in [0, 0.05) is 22.9 Å². The van der Waals surface area contributed by atoms with Gasteiger partial charge in [0.05, 0.1) is 20.3 Å². The number of nitrogens with zero attached hydrogens (tertiary/aromatic N) is 1. The number of hydrogen-bond acceptors (Lipinski definition) is 5. The number of Topliss-reactive ketones (excluding diaryl/α,β-unsaturated/α-hetero) is 1. The number of H-pyrrole nitrogens is 1. The summed E-state index contributed by atoms with van der Waals surface area (Å²) in [5.74, 6) is -0.196. The fraction of sp³-hybridized carbons (Fsp3) is 0.480. The molecule has 1 saturated carbocycles. The number of carbonyl (C=O) groups excluding carboxylic acids is 3. The first-order valence-corrected chi connectivity index (χ1v) is 11.1. The Hall–Kier alpha value is -3.09. The normalized spacial score (nSPS) is 15.2. The number of amides is 1. The summed E-state index contributed by atoms with van der Waals surface area (Å²) in [6.07, 6.45) is 4.96. The quantitative estimate of drug-likeness (QED) is 0.507. The first-order valence-electron chi connectivity index (χ1n) is 11.1. The van der Waals surface area contributed by atoms with E-state index in [4.69, 9.17) is 9.47 Å². The molecule has 1 aliphatic rings. The Balaban J connectivity index is 1.97. The average Bonchev–Trinajstić information content (AvgIpc) is 3.12. The molecule has 1 atom stereocenters. The van der Waals surface area contributed by atoms with Crippen LogP contribution in [0.2, 0.25) is 0 Å². The van der Waals surface area contributed by atoms with Crippen molar-refractivity contribution in [2.24, 2.45) is 0 Å². The summed E-state index contributed by atoms with van der Waals surface area (Å²) in [5, 5.41) is 0. The van der Waals surface area contributed by atoms with Gasteiger partial charge in [0.2, 0.25) is 0 Å². The summed E-state index contributed by atoms with van der Waals surface area (Å²) in [5.41, 5.74) is 2.38. The molecule has 172 valence electrons. The van der Waals surface area contributed by atoms with Crippen molar-refractivity contribution < 1.29 is 23.9 Å².